The van der Waals surface area contributed by atoms with Crippen molar-refractivity contribution in [3.63, 3.8) is 0 Å². The summed E-state index contributed by atoms with van der Waals surface area (Å²) < 4.78 is 5.14. The van der Waals surface area contributed by atoms with Crippen molar-refractivity contribution in [1.29, 1.82) is 0 Å². The number of imidazole rings is 1. The summed E-state index contributed by atoms with van der Waals surface area (Å²) in [7, 11) is 2.01. The molecule has 0 saturated carbocycles. The molecule has 0 spiro atoms. The van der Waals surface area contributed by atoms with Crippen LogP contribution in [0.5, 0.6) is 0 Å². The van der Waals surface area contributed by atoms with Gasteiger partial charge >= 0.3 is 0 Å². The van der Waals surface area contributed by atoms with Gasteiger partial charge in [0, 0.05) is 19.6 Å². The van der Waals surface area contributed by atoms with Gasteiger partial charge in [-0.3, -0.25) is 14.1 Å². The molecule has 5 nitrogen and oxygen atoms in total. The average molecular weight is 277 g/mol. The summed E-state index contributed by atoms with van der Waals surface area (Å²) in [6, 6.07) is 1.18. The highest BCUT2D eigenvalue weighted by Gasteiger charge is 2.39. The van der Waals surface area contributed by atoms with Crippen molar-refractivity contribution in [2.75, 3.05) is 13.1 Å². The highest BCUT2D eigenvalue weighted by Crippen LogP contribution is 2.38. The Bertz CT molecular complexity index is 694. The number of hydrogen-bond donors (Lipinski definition) is 1. The maximum Gasteiger partial charge on any atom is 0.179 e. The second-order valence-corrected chi connectivity index (χ2v) is 6.20. The Balaban J connectivity index is 1.91. The van der Waals surface area contributed by atoms with Crippen LogP contribution in [0.15, 0.2) is 0 Å². The second-order valence-electron chi connectivity index (χ2n) is 5.81. The zero-order chi connectivity index (χ0) is 13.1. The Kier molecular flexibility index (Phi) is 2.41. The molecule has 19 heavy (non-hydrogen) atoms. The van der Waals surface area contributed by atoms with Gasteiger partial charge in [-0.2, -0.15) is 5.10 Å². The van der Waals surface area contributed by atoms with Crippen molar-refractivity contribution in [3.8, 4) is 0 Å². The molecule has 2 aromatic rings. The molecule has 102 valence electrons. The molecule has 0 bridgehead atoms. The van der Waals surface area contributed by atoms with Crippen molar-refractivity contribution >= 4 is 23.4 Å². The van der Waals surface area contributed by atoms with Gasteiger partial charge in [-0.1, -0.05) is 0 Å². The lowest BCUT2D eigenvalue weighted by atomic mass is 10.1. The van der Waals surface area contributed by atoms with Gasteiger partial charge in [0.05, 0.1) is 11.7 Å². The first-order chi connectivity index (χ1) is 9.16. The lowest BCUT2D eigenvalue weighted by Gasteiger charge is -2.21. The molecule has 0 aliphatic carbocycles. The number of aromatic amines is 1. The van der Waals surface area contributed by atoms with Gasteiger partial charge in [0.15, 0.2) is 10.4 Å². The van der Waals surface area contributed by atoms with Gasteiger partial charge in [0.1, 0.15) is 5.52 Å². The second kappa shape index (κ2) is 3.93. The summed E-state index contributed by atoms with van der Waals surface area (Å²) in [5.74, 6) is 0. The van der Waals surface area contributed by atoms with Crippen molar-refractivity contribution in [2.45, 2.75) is 38.3 Å². The first kappa shape index (κ1) is 11.7. The predicted octanol–water partition coefficient (Wildman–Crippen LogP) is 2.15. The van der Waals surface area contributed by atoms with Crippen LogP contribution in [0.25, 0.3) is 11.2 Å². The van der Waals surface area contributed by atoms with Crippen molar-refractivity contribution in [3.05, 3.63) is 10.5 Å². The van der Waals surface area contributed by atoms with Crippen LogP contribution < -0.4 is 0 Å². The molecule has 2 atom stereocenters. The lowest BCUT2D eigenvalue weighted by Crippen LogP contribution is -2.28. The Morgan fingerprint density at radius 3 is 2.95 bits per heavy atom. The number of aryl methyl sites for hydroxylation is 2. The minimum atomic E-state index is 0.513. The summed E-state index contributed by atoms with van der Waals surface area (Å²) in [5, 5.41) is 4.51. The third-order valence-corrected chi connectivity index (χ3v) is 5.07. The summed E-state index contributed by atoms with van der Waals surface area (Å²) in [4.78, 5) is 5.97. The van der Waals surface area contributed by atoms with Gasteiger partial charge in [-0.25, -0.2) is 0 Å². The van der Waals surface area contributed by atoms with Crippen molar-refractivity contribution in [1.82, 2.24) is 24.2 Å². The fourth-order valence-corrected chi connectivity index (χ4v) is 4.32. The van der Waals surface area contributed by atoms with Crippen LogP contribution in [-0.4, -0.2) is 43.4 Å². The van der Waals surface area contributed by atoms with E-state index in [1.165, 1.54) is 32.4 Å². The van der Waals surface area contributed by atoms with Gasteiger partial charge in [-0.15, -0.1) is 0 Å². The van der Waals surface area contributed by atoms with E-state index in [2.05, 4.69) is 19.5 Å². The Hall–Kier alpha value is -1.14. The molecule has 4 heterocycles. The average Bonchev–Trinajstić information content (AvgIpc) is 3.04. The highest BCUT2D eigenvalue weighted by atomic mass is 32.1. The first-order valence-electron chi connectivity index (χ1n) is 7.04. The van der Waals surface area contributed by atoms with Gasteiger partial charge in [0.2, 0.25) is 0 Å². The number of hydrogen-bond acceptors (Lipinski definition) is 3. The van der Waals surface area contributed by atoms with Crippen LogP contribution in [0.2, 0.25) is 0 Å². The zero-order valence-corrected chi connectivity index (χ0v) is 12.2. The van der Waals surface area contributed by atoms with E-state index in [0.717, 1.165) is 21.6 Å². The number of aromatic nitrogens is 4. The molecular formula is C13H19N5S. The molecule has 2 unspecified atom stereocenters. The number of H-pyrrole nitrogens is 1. The Morgan fingerprint density at radius 2 is 2.11 bits per heavy atom. The quantitative estimate of drug-likeness (QED) is 0.812. The molecule has 0 aromatic carbocycles. The van der Waals surface area contributed by atoms with E-state index in [4.69, 9.17) is 12.2 Å². The smallest absolute Gasteiger partial charge is 0.179 e. The fourth-order valence-electron chi connectivity index (χ4n) is 4.00. The standard InChI is InChI=1S/C13H19N5S/c1-8-11-12(16(2)15-8)18(13(19)14-11)10-5-7-17-6-3-4-9(10)17/h9-10H,3-7H2,1-2H3,(H,14,19). The van der Waals surface area contributed by atoms with E-state index >= 15 is 0 Å². The van der Waals surface area contributed by atoms with Crippen LogP contribution in [0.3, 0.4) is 0 Å². The molecule has 1 N–H and O–H groups in total. The van der Waals surface area contributed by atoms with Crippen LogP contribution >= 0.6 is 12.2 Å². The Labute approximate surface area is 117 Å². The van der Waals surface area contributed by atoms with Crippen LogP contribution in [-0.2, 0) is 7.05 Å². The minimum absolute atomic E-state index is 0.513. The molecule has 2 fully saturated rings. The van der Waals surface area contributed by atoms with Gasteiger partial charge in [-0.05, 0) is 44.9 Å². The largest absolute Gasteiger partial charge is 0.328 e. The SMILES string of the molecule is Cc1nn(C)c2c1[nH]c(=S)n2C1CCN2CCCC12. The Morgan fingerprint density at radius 1 is 1.26 bits per heavy atom. The van der Waals surface area contributed by atoms with Gasteiger partial charge < -0.3 is 4.98 Å². The highest BCUT2D eigenvalue weighted by molar-refractivity contribution is 7.71. The molecule has 2 aliphatic rings. The first-order valence-corrected chi connectivity index (χ1v) is 7.45. The monoisotopic (exact) mass is 277 g/mol. The predicted molar refractivity (Wildman–Crippen MR) is 76.9 cm³/mol. The normalized spacial score (nSPS) is 27.5. The van der Waals surface area contributed by atoms with E-state index in [0.29, 0.717) is 12.1 Å². The molecule has 0 radical (unpaired) electrons. The molecule has 2 saturated heterocycles. The van der Waals surface area contributed by atoms with Crippen molar-refractivity contribution < 1.29 is 0 Å². The van der Waals surface area contributed by atoms with E-state index in [1.54, 1.807) is 0 Å². The summed E-state index contributed by atoms with van der Waals surface area (Å²) >= 11 is 5.57. The number of fused-ring (bicyclic) bond motifs is 2. The molecule has 2 aliphatic heterocycles. The number of rotatable bonds is 1. The van der Waals surface area contributed by atoms with Crippen molar-refractivity contribution in [2.24, 2.45) is 7.05 Å². The molecule has 2 aromatic heterocycles. The molecular weight excluding hydrogens is 258 g/mol. The van der Waals surface area contributed by atoms with E-state index in [1.807, 2.05) is 18.7 Å². The van der Waals surface area contributed by atoms with E-state index in [-0.39, 0.29) is 0 Å². The summed E-state index contributed by atoms with van der Waals surface area (Å²) in [5.41, 5.74) is 3.29. The third kappa shape index (κ3) is 1.50. The lowest BCUT2D eigenvalue weighted by molar-refractivity contribution is 0.290. The van der Waals surface area contributed by atoms with E-state index in [9.17, 15) is 0 Å². The summed E-state index contributed by atoms with van der Waals surface area (Å²) in [6.45, 7) is 4.50. The third-order valence-electron chi connectivity index (χ3n) is 4.77. The number of nitrogens with zero attached hydrogens (tertiary/aromatic N) is 4. The maximum atomic E-state index is 5.57. The van der Waals surface area contributed by atoms with Crippen LogP contribution in [0, 0.1) is 11.7 Å². The molecule has 0 amide bonds. The van der Waals surface area contributed by atoms with Gasteiger partial charge in [0.25, 0.3) is 0 Å². The molecule has 6 heteroatoms. The van der Waals surface area contributed by atoms with E-state index < -0.39 is 0 Å². The number of nitrogens with one attached hydrogen (secondary N) is 1. The minimum Gasteiger partial charge on any atom is -0.328 e. The maximum absolute atomic E-state index is 5.57. The molecule has 4 rings (SSSR count). The summed E-state index contributed by atoms with van der Waals surface area (Å²) in [6.07, 6.45) is 3.83. The van der Waals surface area contributed by atoms with Crippen LogP contribution in [0.4, 0.5) is 0 Å². The fraction of sp³-hybridized carbons (Fsp3) is 0.692. The van der Waals surface area contributed by atoms with Crippen LogP contribution in [0.1, 0.15) is 31.0 Å². The zero-order valence-electron chi connectivity index (χ0n) is 11.4. The topological polar surface area (TPSA) is 41.8 Å².